The van der Waals surface area contributed by atoms with E-state index in [-0.39, 0.29) is 12.4 Å². The molecule has 0 aliphatic carbocycles. The molecule has 1 aliphatic rings. The molecule has 3 nitrogen and oxygen atoms in total. The summed E-state index contributed by atoms with van der Waals surface area (Å²) in [7, 11) is -0.568. The van der Waals surface area contributed by atoms with Crippen LogP contribution in [0.5, 0.6) is 0 Å². The van der Waals surface area contributed by atoms with E-state index in [1.54, 1.807) is 12.1 Å². The SMILES string of the molecule is [C-]#[N+]Cc1ccc(B2OC(C)(C)C(C)(C)O2)cc1F. The molecule has 0 amide bonds. The third-order valence-electron chi connectivity index (χ3n) is 3.85. The second-order valence-electron chi connectivity index (χ2n) is 5.76. The molecule has 1 saturated heterocycles. The molecule has 0 radical (unpaired) electrons. The summed E-state index contributed by atoms with van der Waals surface area (Å²) in [5.41, 5.74) is 0.160. The average molecular weight is 261 g/mol. The fourth-order valence-corrected chi connectivity index (χ4v) is 1.90. The fraction of sp³-hybridized carbons (Fsp3) is 0.500. The van der Waals surface area contributed by atoms with Crippen LogP contribution in [0.4, 0.5) is 4.39 Å². The Labute approximate surface area is 113 Å². The van der Waals surface area contributed by atoms with Crippen LogP contribution in [0.25, 0.3) is 4.85 Å². The molecule has 0 aromatic heterocycles. The Bertz CT molecular complexity index is 521. The Balaban J connectivity index is 2.26. The van der Waals surface area contributed by atoms with Gasteiger partial charge in [0, 0.05) is 0 Å². The minimum absolute atomic E-state index is 0.0511. The van der Waals surface area contributed by atoms with Crippen molar-refractivity contribution in [1.82, 2.24) is 0 Å². The van der Waals surface area contributed by atoms with E-state index in [0.717, 1.165) is 0 Å². The van der Waals surface area contributed by atoms with Crippen LogP contribution >= 0.6 is 0 Å². The molecule has 1 aromatic rings. The average Bonchev–Trinajstić information content (AvgIpc) is 2.51. The van der Waals surface area contributed by atoms with Crippen molar-refractivity contribution in [2.75, 3.05) is 0 Å². The highest BCUT2D eigenvalue weighted by Gasteiger charge is 2.51. The standard InChI is InChI=1S/C14H17BFNO2/c1-13(2)14(3,4)19-15(18-13)11-7-6-10(9-17-5)12(16)8-11/h6-8H,9H2,1-4H3. The minimum atomic E-state index is -0.568. The first-order chi connectivity index (χ1) is 8.77. The highest BCUT2D eigenvalue weighted by molar-refractivity contribution is 6.62. The molecule has 19 heavy (non-hydrogen) atoms. The number of rotatable bonds is 2. The first kappa shape index (κ1) is 14.0. The molecule has 0 atom stereocenters. The Morgan fingerprint density at radius 1 is 1.21 bits per heavy atom. The normalized spacial score (nSPS) is 20.3. The zero-order chi connectivity index (χ0) is 14.3. The molecule has 0 N–H and O–H groups in total. The van der Waals surface area contributed by atoms with Gasteiger partial charge in [0.2, 0.25) is 6.54 Å². The van der Waals surface area contributed by atoms with Gasteiger partial charge in [0.25, 0.3) is 0 Å². The van der Waals surface area contributed by atoms with Crippen LogP contribution in [0.2, 0.25) is 0 Å². The van der Waals surface area contributed by atoms with Gasteiger partial charge >= 0.3 is 7.12 Å². The maximum atomic E-state index is 13.8. The van der Waals surface area contributed by atoms with Crippen molar-refractivity contribution in [3.05, 3.63) is 41.0 Å². The molecule has 1 aromatic carbocycles. The molecule has 5 heteroatoms. The van der Waals surface area contributed by atoms with Crippen LogP contribution in [-0.2, 0) is 15.9 Å². The van der Waals surface area contributed by atoms with Gasteiger partial charge in [-0.15, -0.1) is 0 Å². The first-order valence-corrected chi connectivity index (χ1v) is 6.24. The lowest BCUT2D eigenvalue weighted by molar-refractivity contribution is 0.00578. The molecular weight excluding hydrogens is 244 g/mol. The molecule has 0 unspecified atom stereocenters. The molecule has 0 bridgehead atoms. The summed E-state index contributed by atoms with van der Waals surface area (Å²) in [5, 5.41) is 0. The van der Waals surface area contributed by atoms with E-state index in [2.05, 4.69) is 4.85 Å². The molecule has 1 aliphatic heterocycles. The van der Waals surface area contributed by atoms with E-state index in [4.69, 9.17) is 15.9 Å². The van der Waals surface area contributed by atoms with E-state index in [0.29, 0.717) is 11.0 Å². The molecule has 1 heterocycles. The Morgan fingerprint density at radius 2 is 1.79 bits per heavy atom. The Morgan fingerprint density at radius 3 is 2.26 bits per heavy atom. The van der Waals surface area contributed by atoms with Crippen molar-refractivity contribution in [1.29, 1.82) is 0 Å². The van der Waals surface area contributed by atoms with E-state index in [1.807, 2.05) is 27.7 Å². The minimum Gasteiger partial charge on any atom is -0.399 e. The van der Waals surface area contributed by atoms with Gasteiger partial charge in [0.1, 0.15) is 5.82 Å². The summed E-state index contributed by atoms with van der Waals surface area (Å²) in [6.07, 6.45) is 0. The largest absolute Gasteiger partial charge is 0.494 e. The summed E-state index contributed by atoms with van der Waals surface area (Å²) in [6, 6.07) is 4.77. The molecule has 100 valence electrons. The van der Waals surface area contributed by atoms with Gasteiger partial charge in [0.05, 0.1) is 16.8 Å². The van der Waals surface area contributed by atoms with E-state index >= 15 is 0 Å². The second kappa shape index (κ2) is 4.62. The number of hydrogen-bond donors (Lipinski definition) is 0. The summed E-state index contributed by atoms with van der Waals surface area (Å²) in [6.45, 7) is 14.6. The van der Waals surface area contributed by atoms with Crippen molar-refractivity contribution in [2.24, 2.45) is 0 Å². The predicted octanol–water partition coefficient (Wildman–Crippen LogP) is 2.54. The van der Waals surface area contributed by atoms with Crippen molar-refractivity contribution in [3.63, 3.8) is 0 Å². The molecule has 2 rings (SSSR count). The number of halogens is 1. The smallest absolute Gasteiger partial charge is 0.399 e. The third-order valence-corrected chi connectivity index (χ3v) is 3.85. The van der Waals surface area contributed by atoms with Crippen molar-refractivity contribution >= 4 is 12.6 Å². The number of hydrogen-bond acceptors (Lipinski definition) is 2. The van der Waals surface area contributed by atoms with Crippen molar-refractivity contribution in [3.8, 4) is 0 Å². The summed E-state index contributed by atoms with van der Waals surface area (Å²) >= 11 is 0. The van der Waals surface area contributed by atoms with Gasteiger partial charge in [-0.05, 0) is 45.3 Å². The highest BCUT2D eigenvalue weighted by atomic mass is 19.1. The second-order valence-corrected chi connectivity index (χ2v) is 5.76. The summed E-state index contributed by atoms with van der Waals surface area (Å²) in [4.78, 5) is 3.19. The van der Waals surface area contributed by atoms with Gasteiger partial charge in [-0.2, -0.15) is 0 Å². The van der Waals surface area contributed by atoms with Crippen LogP contribution in [0.15, 0.2) is 18.2 Å². The zero-order valence-corrected chi connectivity index (χ0v) is 11.7. The lowest BCUT2D eigenvalue weighted by Crippen LogP contribution is -2.41. The van der Waals surface area contributed by atoms with Crippen molar-refractivity contribution in [2.45, 2.75) is 45.4 Å². The number of benzene rings is 1. The van der Waals surface area contributed by atoms with Crippen LogP contribution in [0.3, 0.4) is 0 Å². The van der Waals surface area contributed by atoms with Crippen LogP contribution < -0.4 is 5.46 Å². The maximum absolute atomic E-state index is 13.8. The van der Waals surface area contributed by atoms with Crippen molar-refractivity contribution < 1.29 is 13.7 Å². The first-order valence-electron chi connectivity index (χ1n) is 6.24. The fourth-order valence-electron chi connectivity index (χ4n) is 1.90. The summed E-state index contributed by atoms with van der Waals surface area (Å²) in [5.74, 6) is -0.386. The Hall–Kier alpha value is -1.38. The molecule has 0 spiro atoms. The van der Waals surface area contributed by atoms with Gasteiger partial charge in [-0.3, -0.25) is 0 Å². The lowest BCUT2D eigenvalue weighted by atomic mass is 9.78. The monoisotopic (exact) mass is 261 g/mol. The van der Waals surface area contributed by atoms with E-state index < -0.39 is 18.3 Å². The molecule has 1 fully saturated rings. The van der Waals surface area contributed by atoms with Crippen LogP contribution in [0.1, 0.15) is 33.3 Å². The quantitative estimate of drug-likeness (QED) is 0.603. The maximum Gasteiger partial charge on any atom is 0.494 e. The zero-order valence-electron chi connectivity index (χ0n) is 11.7. The molecular formula is C14H17BFNO2. The highest BCUT2D eigenvalue weighted by Crippen LogP contribution is 2.36. The van der Waals surface area contributed by atoms with E-state index in [1.165, 1.54) is 6.07 Å². The van der Waals surface area contributed by atoms with Gasteiger partial charge in [0.15, 0.2) is 0 Å². The van der Waals surface area contributed by atoms with Gasteiger partial charge in [-0.1, -0.05) is 6.07 Å². The topological polar surface area (TPSA) is 22.8 Å². The third kappa shape index (κ3) is 2.51. The predicted molar refractivity (Wildman–Crippen MR) is 72.4 cm³/mol. The lowest BCUT2D eigenvalue weighted by Gasteiger charge is -2.32. The molecule has 0 saturated carbocycles. The van der Waals surface area contributed by atoms with Gasteiger partial charge < -0.3 is 14.2 Å². The Kier molecular flexibility index (Phi) is 3.42. The van der Waals surface area contributed by atoms with Crippen LogP contribution in [0, 0.1) is 12.4 Å². The summed E-state index contributed by atoms with van der Waals surface area (Å²) < 4.78 is 25.5. The number of nitrogens with zero attached hydrogens (tertiary/aromatic N) is 1. The van der Waals surface area contributed by atoms with E-state index in [9.17, 15) is 4.39 Å². The van der Waals surface area contributed by atoms with Crippen LogP contribution in [-0.4, -0.2) is 18.3 Å². The van der Waals surface area contributed by atoms with Gasteiger partial charge in [-0.25, -0.2) is 11.0 Å².